The summed E-state index contributed by atoms with van der Waals surface area (Å²) in [6.07, 6.45) is 0.797. The summed E-state index contributed by atoms with van der Waals surface area (Å²) in [5, 5.41) is 2.04. The summed E-state index contributed by atoms with van der Waals surface area (Å²) in [5.74, 6) is -0.487. The van der Waals surface area contributed by atoms with Crippen LogP contribution in [0.3, 0.4) is 0 Å². The van der Waals surface area contributed by atoms with Gasteiger partial charge in [-0.1, -0.05) is 12.1 Å². The molecule has 2 rings (SSSR count). The van der Waals surface area contributed by atoms with E-state index in [1.54, 1.807) is 0 Å². The minimum Gasteiger partial charge on any atom is -0.404 e. The van der Waals surface area contributed by atoms with Crippen molar-refractivity contribution in [3.8, 4) is 0 Å². The first kappa shape index (κ1) is 11.2. The van der Waals surface area contributed by atoms with Crippen LogP contribution in [0.5, 0.6) is 0 Å². The average Bonchev–Trinajstić information content (AvgIpc) is 2.58. The molecule has 0 aliphatic carbocycles. The van der Waals surface area contributed by atoms with Crippen LogP contribution in [-0.2, 0) is 9.53 Å². The fourth-order valence-electron chi connectivity index (χ4n) is 1.44. The summed E-state index contributed by atoms with van der Waals surface area (Å²) in [6.45, 7) is 0. The van der Waals surface area contributed by atoms with Crippen LogP contribution >= 0.6 is 0 Å². The van der Waals surface area contributed by atoms with Gasteiger partial charge in [-0.15, -0.1) is 0 Å². The van der Waals surface area contributed by atoms with E-state index in [9.17, 15) is 9.59 Å². The predicted octanol–water partition coefficient (Wildman–Crippen LogP) is 1.36. The van der Waals surface area contributed by atoms with Gasteiger partial charge in [0.15, 0.2) is 5.76 Å². The van der Waals surface area contributed by atoms with Gasteiger partial charge in [-0.3, -0.25) is 10.1 Å². The van der Waals surface area contributed by atoms with E-state index in [0.717, 1.165) is 11.3 Å². The molecule has 0 spiro atoms. The Kier molecular flexibility index (Phi) is 2.82. The number of carbonyl (C=O) groups excluding carboxylic acids is 2. The second kappa shape index (κ2) is 4.29. The van der Waals surface area contributed by atoms with Gasteiger partial charge in [-0.2, -0.15) is 0 Å². The topological polar surface area (TPSA) is 58.6 Å². The third-order valence-electron chi connectivity index (χ3n) is 2.35. The molecule has 0 unspecified atom stereocenters. The first-order valence-electron chi connectivity index (χ1n) is 5.08. The number of hydrogen-bond acceptors (Lipinski definition) is 4. The van der Waals surface area contributed by atoms with Crippen molar-refractivity contribution in [1.82, 2.24) is 5.32 Å². The molecule has 0 atom stereocenters. The molecule has 2 amide bonds. The quantitative estimate of drug-likeness (QED) is 0.782. The lowest BCUT2D eigenvalue weighted by atomic mass is 10.2. The number of amides is 2. The van der Waals surface area contributed by atoms with Crippen LogP contribution in [0.4, 0.5) is 10.5 Å². The number of nitrogens with zero attached hydrogens (tertiary/aromatic N) is 1. The van der Waals surface area contributed by atoms with Crippen LogP contribution in [0.1, 0.15) is 5.56 Å². The first-order chi connectivity index (χ1) is 8.06. The monoisotopic (exact) mass is 232 g/mol. The van der Waals surface area contributed by atoms with Gasteiger partial charge in [0.2, 0.25) is 0 Å². The summed E-state index contributed by atoms with van der Waals surface area (Å²) in [7, 11) is 3.89. The van der Waals surface area contributed by atoms with Crippen molar-refractivity contribution in [2.45, 2.75) is 0 Å². The van der Waals surface area contributed by atoms with Gasteiger partial charge >= 0.3 is 6.09 Å². The lowest BCUT2D eigenvalue weighted by Crippen LogP contribution is -2.18. The highest BCUT2D eigenvalue weighted by Gasteiger charge is 2.25. The fraction of sp³-hybridized carbons (Fsp3) is 0.167. The highest BCUT2D eigenvalue weighted by Crippen LogP contribution is 2.16. The van der Waals surface area contributed by atoms with Gasteiger partial charge in [0.25, 0.3) is 5.91 Å². The summed E-state index contributed by atoms with van der Waals surface area (Å²) in [6, 6.07) is 7.53. The van der Waals surface area contributed by atoms with Gasteiger partial charge < -0.3 is 9.64 Å². The molecule has 1 N–H and O–H groups in total. The van der Waals surface area contributed by atoms with Gasteiger partial charge in [-0.25, -0.2) is 4.79 Å². The molecule has 1 aromatic carbocycles. The number of ether oxygens (including phenoxy) is 1. The zero-order valence-corrected chi connectivity index (χ0v) is 9.56. The molecule has 1 heterocycles. The van der Waals surface area contributed by atoms with Crippen LogP contribution in [0.2, 0.25) is 0 Å². The maximum absolute atomic E-state index is 11.2. The maximum Gasteiger partial charge on any atom is 0.419 e. The Hall–Kier alpha value is -2.30. The van der Waals surface area contributed by atoms with Gasteiger partial charge in [-0.05, 0) is 23.8 Å². The molecule has 0 saturated carbocycles. The van der Waals surface area contributed by atoms with Crippen molar-refractivity contribution >= 4 is 23.8 Å². The van der Waals surface area contributed by atoms with E-state index in [-0.39, 0.29) is 5.76 Å². The number of hydrogen-bond donors (Lipinski definition) is 1. The Morgan fingerprint density at radius 2 is 1.82 bits per heavy atom. The molecule has 0 bridgehead atoms. The molecule has 5 heteroatoms. The minimum atomic E-state index is -0.730. The van der Waals surface area contributed by atoms with E-state index >= 15 is 0 Å². The Balaban J connectivity index is 2.21. The number of nitrogens with one attached hydrogen (secondary N) is 1. The average molecular weight is 232 g/mol. The molecule has 17 heavy (non-hydrogen) atoms. The number of alkyl carbamates (subject to hydrolysis) is 1. The van der Waals surface area contributed by atoms with Crippen LogP contribution < -0.4 is 10.2 Å². The number of carbonyl (C=O) groups is 2. The molecule has 0 aromatic heterocycles. The predicted molar refractivity (Wildman–Crippen MR) is 63.4 cm³/mol. The van der Waals surface area contributed by atoms with E-state index in [1.807, 2.05) is 48.6 Å². The largest absolute Gasteiger partial charge is 0.419 e. The standard InChI is InChI=1S/C12H12N2O3/c1-14(2)9-5-3-8(4-6-9)7-10-11(15)13-12(16)17-10/h3-7H,1-2H3,(H,13,15,16). The van der Waals surface area contributed by atoms with Crippen molar-refractivity contribution < 1.29 is 14.3 Å². The van der Waals surface area contributed by atoms with Crippen molar-refractivity contribution in [3.05, 3.63) is 35.6 Å². The van der Waals surface area contributed by atoms with E-state index in [1.165, 1.54) is 6.08 Å². The molecule has 1 aliphatic rings. The Bertz CT molecular complexity index is 489. The Morgan fingerprint density at radius 3 is 2.29 bits per heavy atom. The number of rotatable bonds is 2. The van der Waals surface area contributed by atoms with Crippen LogP contribution in [0.25, 0.3) is 6.08 Å². The summed E-state index contributed by atoms with van der Waals surface area (Å²) >= 11 is 0. The summed E-state index contributed by atoms with van der Waals surface area (Å²) < 4.78 is 4.71. The third kappa shape index (κ3) is 2.44. The number of imide groups is 1. The van der Waals surface area contributed by atoms with Crippen molar-refractivity contribution in [2.75, 3.05) is 19.0 Å². The van der Waals surface area contributed by atoms with Gasteiger partial charge in [0.05, 0.1) is 0 Å². The lowest BCUT2D eigenvalue weighted by Gasteiger charge is -2.11. The van der Waals surface area contributed by atoms with Crippen molar-refractivity contribution in [1.29, 1.82) is 0 Å². The zero-order chi connectivity index (χ0) is 12.4. The number of benzene rings is 1. The molecule has 1 aliphatic heterocycles. The number of cyclic esters (lactones) is 1. The van der Waals surface area contributed by atoms with Crippen molar-refractivity contribution in [3.63, 3.8) is 0 Å². The Morgan fingerprint density at radius 1 is 1.18 bits per heavy atom. The smallest absolute Gasteiger partial charge is 0.404 e. The molecule has 0 radical (unpaired) electrons. The van der Waals surface area contributed by atoms with E-state index < -0.39 is 12.0 Å². The maximum atomic E-state index is 11.2. The summed E-state index contributed by atoms with van der Waals surface area (Å²) in [4.78, 5) is 24.0. The van der Waals surface area contributed by atoms with Gasteiger partial charge in [0.1, 0.15) is 0 Å². The minimum absolute atomic E-state index is 0.0209. The van der Waals surface area contributed by atoms with E-state index in [4.69, 9.17) is 4.74 Å². The van der Waals surface area contributed by atoms with E-state index in [0.29, 0.717) is 0 Å². The normalized spacial score (nSPS) is 16.9. The van der Waals surface area contributed by atoms with Crippen LogP contribution in [-0.4, -0.2) is 26.1 Å². The third-order valence-corrected chi connectivity index (χ3v) is 2.35. The summed E-state index contributed by atoms with van der Waals surface area (Å²) in [5.41, 5.74) is 1.86. The van der Waals surface area contributed by atoms with Gasteiger partial charge in [0, 0.05) is 19.8 Å². The molecule has 1 saturated heterocycles. The molecule has 5 nitrogen and oxygen atoms in total. The highest BCUT2D eigenvalue weighted by molar-refractivity contribution is 6.09. The molecular weight excluding hydrogens is 220 g/mol. The zero-order valence-electron chi connectivity index (χ0n) is 9.56. The molecule has 88 valence electrons. The molecule has 1 fully saturated rings. The van der Waals surface area contributed by atoms with Crippen LogP contribution in [0.15, 0.2) is 30.0 Å². The first-order valence-corrected chi connectivity index (χ1v) is 5.08. The number of anilines is 1. The molecular formula is C12H12N2O3. The second-order valence-electron chi connectivity index (χ2n) is 3.84. The Labute approximate surface area is 98.7 Å². The van der Waals surface area contributed by atoms with Crippen molar-refractivity contribution in [2.24, 2.45) is 0 Å². The molecule has 1 aromatic rings. The lowest BCUT2D eigenvalue weighted by molar-refractivity contribution is -0.116. The highest BCUT2D eigenvalue weighted by atomic mass is 16.6. The SMILES string of the molecule is CN(C)c1ccc(C=C2OC(=O)NC2=O)cc1. The fourth-order valence-corrected chi connectivity index (χ4v) is 1.44. The van der Waals surface area contributed by atoms with Crippen LogP contribution in [0, 0.1) is 0 Å². The van der Waals surface area contributed by atoms with E-state index in [2.05, 4.69) is 0 Å². The second-order valence-corrected chi connectivity index (χ2v) is 3.84.